The molecule has 0 bridgehead atoms. The topological polar surface area (TPSA) is 148 Å². The molecule has 1 amide bonds. The molecule has 5 aromatic heterocycles. The lowest BCUT2D eigenvalue weighted by Crippen LogP contribution is -2.50. The van der Waals surface area contributed by atoms with Crippen LogP contribution < -0.4 is 10.6 Å². The average molecular weight is 571 g/mol. The normalized spacial score (nSPS) is 19.5. The minimum absolute atomic E-state index is 0.0930. The van der Waals surface area contributed by atoms with Gasteiger partial charge in [0.1, 0.15) is 17.2 Å². The second kappa shape index (κ2) is 11.2. The number of rotatable bonds is 8. The van der Waals surface area contributed by atoms with Crippen LogP contribution in [-0.4, -0.2) is 58.5 Å². The highest BCUT2D eigenvalue weighted by molar-refractivity contribution is 5.86. The highest BCUT2D eigenvalue weighted by Crippen LogP contribution is 2.41. The van der Waals surface area contributed by atoms with Crippen LogP contribution in [0.2, 0.25) is 0 Å². The van der Waals surface area contributed by atoms with E-state index in [1.54, 1.807) is 25.6 Å². The number of H-pyrrole nitrogens is 1. The van der Waals surface area contributed by atoms with Gasteiger partial charge in [-0.2, -0.15) is 10.1 Å². The number of hydrogen-bond donors (Lipinski definition) is 3. The fourth-order valence-electron chi connectivity index (χ4n) is 5.48. The van der Waals surface area contributed by atoms with Gasteiger partial charge in [0.2, 0.25) is 5.95 Å². The largest absolute Gasteiger partial charge is 0.368 e. The number of ether oxygens (including phenoxy) is 1. The van der Waals surface area contributed by atoms with Gasteiger partial charge in [0.25, 0.3) is 5.91 Å². The van der Waals surface area contributed by atoms with Gasteiger partial charge in [-0.15, -0.1) is 5.10 Å². The second-order valence-electron chi connectivity index (χ2n) is 10.6. The summed E-state index contributed by atoms with van der Waals surface area (Å²) in [4.78, 5) is 31.8. The lowest BCUT2D eigenvalue weighted by molar-refractivity contribution is -0.148. The molecule has 1 aliphatic rings. The second-order valence-corrected chi connectivity index (χ2v) is 10.6. The first-order valence-electron chi connectivity index (χ1n) is 13.8. The Morgan fingerprint density at radius 2 is 2.02 bits per heavy atom. The van der Waals surface area contributed by atoms with E-state index in [1.165, 1.54) is 10.9 Å². The van der Waals surface area contributed by atoms with Crippen molar-refractivity contribution in [2.45, 2.75) is 57.1 Å². The molecule has 1 aliphatic carbocycles. The summed E-state index contributed by atoms with van der Waals surface area (Å²) in [5.74, 6) is 1.76. The maximum atomic E-state index is 13.6. The number of aryl methyl sites for hydroxylation is 1. The van der Waals surface area contributed by atoms with Gasteiger partial charge in [-0.05, 0) is 63.3 Å². The number of aromatic amines is 1. The summed E-state index contributed by atoms with van der Waals surface area (Å²) in [5.41, 5.74) is 1.58. The molecule has 12 nitrogen and oxygen atoms in total. The Morgan fingerprint density at radius 3 is 2.69 bits per heavy atom. The number of fused-ring (bicyclic) bond motifs is 1. The molecule has 13 heteroatoms. The van der Waals surface area contributed by atoms with E-state index in [9.17, 15) is 9.18 Å². The molecule has 1 fully saturated rings. The fourth-order valence-corrected chi connectivity index (χ4v) is 5.48. The minimum Gasteiger partial charge on any atom is -0.368 e. The van der Waals surface area contributed by atoms with Gasteiger partial charge in [0.15, 0.2) is 11.6 Å². The maximum absolute atomic E-state index is 13.6. The summed E-state index contributed by atoms with van der Waals surface area (Å²) in [7, 11) is 1.59. The first-order valence-corrected chi connectivity index (χ1v) is 13.8. The number of hydrogen-bond acceptors (Lipinski definition) is 9. The number of pyridine rings is 3. The van der Waals surface area contributed by atoms with E-state index in [0.29, 0.717) is 49.1 Å². The van der Waals surface area contributed by atoms with E-state index in [-0.39, 0.29) is 17.9 Å². The first kappa shape index (κ1) is 27.4. The molecule has 1 saturated carbocycles. The minimum atomic E-state index is -0.958. The Balaban J connectivity index is 1.16. The van der Waals surface area contributed by atoms with Crippen molar-refractivity contribution in [3.63, 3.8) is 0 Å². The number of carbonyl (C=O) groups excluding carboxylic acids is 1. The fraction of sp³-hybridized carbons (Fsp3) is 0.345. The predicted octanol–water partition coefficient (Wildman–Crippen LogP) is 4.44. The summed E-state index contributed by atoms with van der Waals surface area (Å²) >= 11 is 0. The van der Waals surface area contributed by atoms with Gasteiger partial charge in [-0.1, -0.05) is 12.1 Å². The summed E-state index contributed by atoms with van der Waals surface area (Å²) < 4.78 is 20.6. The van der Waals surface area contributed by atoms with Gasteiger partial charge < -0.3 is 15.4 Å². The molecular formula is C29H31FN10O2. The molecule has 0 radical (unpaired) electrons. The van der Waals surface area contributed by atoms with E-state index >= 15 is 0 Å². The molecule has 6 rings (SSSR count). The molecule has 42 heavy (non-hydrogen) atoms. The Hall–Kier alpha value is -4.78. The van der Waals surface area contributed by atoms with Crippen LogP contribution in [0.4, 0.5) is 16.2 Å². The number of halogens is 1. The van der Waals surface area contributed by atoms with Crippen LogP contribution in [0.3, 0.4) is 0 Å². The Labute approximate surface area is 241 Å². The summed E-state index contributed by atoms with van der Waals surface area (Å²) in [6, 6.07) is 9.11. The Morgan fingerprint density at radius 1 is 1.19 bits per heavy atom. The molecule has 0 saturated heterocycles. The monoisotopic (exact) mass is 570 g/mol. The van der Waals surface area contributed by atoms with Crippen LogP contribution >= 0.6 is 0 Å². The van der Waals surface area contributed by atoms with E-state index in [2.05, 4.69) is 40.9 Å². The van der Waals surface area contributed by atoms with Crippen molar-refractivity contribution < 1.29 is 13.9 Å². The molecular weight excluding hydrogens is 539 g/mol. The highest BCUT2D eigenvalue weighted by atomic mass is 19.1. The van der Waals surface area contributed by atoms with Crippen LogP contribution in [0.15, 0.2) is 55.1 Å². The van der Waals surface area contributed by atoms with E-state index < -0.39 is 11.4 Å². The third-order valence-corrected chi connectivity index (χ3v) is 7.84. The number of methoxy groups -OCH3 is 1. The van der Waals surface area contributed by atoms with Gasteiger partial charge in [-0.25, -0.2) is 19.0 Å². The summed E-state index contributed by atoms with van der Waals surface area (Å²) in [6.45, 7) is 3.73. The molecule has 5 heterocycles. The van der Waals surface area contributed by atoms with Crippen molar-refractivity contribution in [1.82, 2.24) is 45.2 Å². The summed E-state index contributed by atoms with van der Waals surface area (Å²) in [6.07, 6.45) is 8.27. The number of nitrogens with zero attached hydrogens (tertiary/aromatic N) is 7. The highest BCUT2D eigenvalue weighted by Gasteiger charge is 2.43. The van der Waals surface area contributed by atoms with Gasteiger partial charge >= 0.3 is 0 Å². The number of nitrogens with one attached hydrogen (secondary N) is 3. The molecule has 5 aromatic rings. The van der Waals surface area contributed by atoms with Crippen molar-refractivity contribution in [2.24, 2.45) is 0 Å². The van der Waals surface area contributed by atoms with Gasteiger partial charge in [0.05, 0.1) is 29.6 Å². The first-order chi connectivity index (χ1) is 20.3. The molecule has 1 atom stereocenters. The van der Waals surface area contributed by atoms with Crippen molar-refractivity contribution in [2.75, 3.05) is 12.4 Å². The van der Waals surface area contributed by atoms with E-state index in [0.717, 1.165) is 28.4 Å². The summed E-state index contributed by atoms with van der Waals surface area (Å²) in [5, 5.41) is 18.2. The maximum Gasteiger partial charge on any atom is 0.252 e. The van der Waals surface area contributed by atoms with Crippen molar-refractivity contribution in [3.8, 4) is 5.82 Å². The van der Waals surface area contributed by atoms with Crippen LogP contribution in [0.25, 0.3) is 16.7 Å². The SMILES string of the molecule is CO[C@]1(C(=O)N[C@@H](C)c2ccc(-n3cc(F)cn3)nc2)CC[C@H](c2nc(Nc3n[nH]c(C)n3)cc3cccnc32)CC1. The Bertz CT molecular complexity index is 1710. The van der Waals surface area contributed by atoms with Crippen molar-refractivity contribution in [3.05, 3.63) is 78.0 Å². The quantitative estimate of drug-likeness (QED) is 0.246. The van der Waals surface area contributed by atoms with Crippen molar-refractivity contribution in [1.29, 1.82) is 0 Å². The third-order valence-electron chi connectivity index (χ3n) is 7.84. The molecule has 3 N–H and O–H groups in total. The standard InChI is InChI=1S/C29H31FN10O2/c1-17(21-6-7-24(32-14-21)40-16-22(30)15-33-40)34-27(41)29(42-3)10-8-19(9-11-29)26-25-20(5-4-12-31-25)13-23(36-26)37-28-35-18(2)38-39-28/h4-7,12-17,19H,8-11H2,1-3H3,(H,34,41)(H2,35,36,37,38,39)/t17-,19-,29+/m0/s1. The smallest absolute Gasteiger partial charge is 0.252 e. The number of anilines is 2. The van der Waals surface area contributed by atoms with Gasteiger partial charge in [0, 0.05) is 30.8 Å². The van der Waals surface area contributed by atoms with Gasteiger partial charge in [-0.3, -0.25) is 14.9 Å². The zero-order valence-corrected chi connectivity index (χ0v) is 23.5. The molecule has 0 aliphatic heterocycles. The molecule has 0 unspecified atom stereocenters. The van der Waals surface area contributed by atoms with Crippen LogP contribution in [-0.2, 0) is 9.53 Å². The predicted molar refractivity (Wildman–Crippen MR) is 153 cm³/mol. The Kier molecular flexibility index (Phi) is 7.33. The average Bonchev–Trinajstić information content (AvgIpc) is 3.64. The number of carbonyl (C=O) groups is 1. The van der Waals surface area contributed by atoms with E-state index in [4.69, 9.17) is 9.72 Å². The lowest BCUT2D eigenvalue weighted by atomic mass is 9.76. The zero-order chi connectivity index (χ0) is 29.3. The van der Waals surface area contributed by atoms with E-state index in [1.807, 2.05) is 38.1 Å². The lowest BCUT2D eigenvalue weighted by Gasteiger charge is -2.38. The van der Waals surface area contributed by atoms with Crippen LogP contribution in [0.1, 0.15) is 61.6 Å². The van der Waals surface area contributed by atoms with Crippen LogP contribution in [0, 0.1) is 12.7 Å². The number of amides is 1. The molecule has 0 spiro atoms. The molecule has 0 aromatic carbocycles. The third kappa shape index (κ3) is 5.42. The van der Waals surface area contributed by atoms with Crippen molar-refractivity contribution >= 4 is 28.6 Å². The number of aromatic nitrogens is 8. The molecule has 216 valence electrons. The van der Waals surface area contributed by atoms with Crippen LogP contribution in [0.5, 0.6) is 0 Å². The zero-order valence-electron chi connectivity index (χ0n) is 23.5.